The molecule has 1 heterocycles. The summed E-state index contributed by atoms with van der Waals surface area (Å²) in [6, 6.07) is 15.9. The average Bonchev–Trinajstić information content (AvgIpc) is 2.91. The smallest absolute Gasteiger partial charge is 0.226 e. The molecular weight excluding hydrogens is 280 g/mol. The molecule has 3 nitrogen and oxygen atoms in total. The van der Waals surface area contributed by atoms with E-state index in [0.717, 1.165) is 21.8 Å². The van der Waals surface area contributed by atoms with E-state index in [-0.39, 0.29) is 11.8 Å². The van der Waals surface area contributed by atoms with Crippen molar-refractivity contribution in [3.8, 4) is 10.6 Å². The number of nitrogens with zero attached hydrogens (tertiary/aromatic N) is 1. The first-order chi connectivity index (χ1) is 10.1. The number of nitrogens with one attached hydrogen (secondary N) is 1. The quantitative estimate of drug-likeness (QED) is 0.770. The van der Waals surface area contributed by atoms with Gasteiger partial charge in [0.1, 0.15) is 5.01 Å². The highest BCUT2D eigenvalue weighted by Gasteiger charge is 2.09. The number of fused-ring (bicyclic) bond motifs is 1. The highest BCUT2D eigenvalue weighted by molar-refractivity contribution is 7.21. The van der Waals surface area contributed by atoms with Crippen LogP contribution in [-0.4, -0.2) is 10.9 Å². The highest BCUT2D eigenvalue weighted by atomic mass is 32.1. The Morgan fingerprint density at radius 1 is 1.14 bits per heavy atom. The Kier molecular flexibility index (Phi) is 3.71. The molecule has 1 amide bonds. The van der Waals surface area contributed by atoms with E-state index < -0.39 is 0 Å². The van der Waals surface area contributed by atoms with Crippen molar-refractivity contribution in [2.24, 2.45) is 5.92 Å². The van der Waals surface area contributed by atoms with Gasteiger partial charge in [-0.2, -0.15) is 0 Å². The Morgan fingerprint density at radius 2 is 1.95 bits per heavy atom. The van der Waals surface area contributed by atoms with Gasteiger partial charge in [0.05, 0.1) is 10.2 Å². The molecule has 0 saturated heterocycles. The number of anilines is 1. The first-order valence-corrected chi connectivity index (χ1v) is 7.72. The first-order valence-electron chi connectivity index (χ1n) is 6.90. The molecule has 2 aromatic carbocycles. The maximum absolute atomic E-state index is 11.8. The molecule has 4 heteroatoms. The topological polar surface area (TPSA) is 42.0 Å². The van der Waals surface area contributed by atoms with Gasteiger partial charge in [-0.25, -0.2) is 4.98 Å². The van der Waals surface area contributed by atoms with Crippen LogP contribution in [0.1, 0.15) is 13.8 Å². The number of rotatable bonds is 3. The van der Waals surface area contributed by atoms with Gasteiger partial charge in [0.15, 0.2) is 0 Å². The number of hydrogen-bond donors (Lipinski definition) is 1. The van der Waals surface area contributed by atoms with Crippen LogP contribution in [-0.2, 0) is 4.79 Å². The largest absolute Gasteiger partial charge is 0.326 e. The Hall–Kier alpha value is -2.20. The second kappa shape index (κ2) is 5.66. The molecule has 0 fully saturated rings. The van der Waals surface area contributed by atoms with E-state index in [9.17, 15) is 4.79 Å². The summed E-state index contributed by atoms with van der Waals surface area (Å²) in [6.07, 6.45) is 0. The lowest BCUT2D eigenvalue weighted by Crippen LogP contribution is -2.17. The minimum atomic E-state index is -0.0314. The molecule has 0 aliphatic rings. The summed E-state index contributed by atoms with van der Waals surface area (Å²) in [5.41, 5.74) is 2.84. The maximum atomic E-state index is 11.8. The Labute approximate surface area is 127 Å². The van der Waals surface area contributed by atoms with Crippen LogP contribution in [0.5, 0.6) is 0 Å². The fourth-order valence-corrected chi connectivity index (χ4v) is 2.97. The van der Waals surface area contributed by atoms with Crippen LogP contribution < -0.4 is 5.32 Å². The Bertz CT molecular complexity index is 759. The zero-order chi connectivity index (χ0) is 14.8. The third kappa shape index (κ3) is 2.95. The van der Waals surface area contributed by atoms with Gasteiger partial charge >= 0.3 is 0 Å². The van der Waals surface area contributed by atoms with Crippen molar-refractivity contribution < 1.29 is 4.79 Å². The molecule has 0 spiro atoms. The van der Waals surface area contributed by atoms with Gasteiger partial charge in [-0.3, -0.25) is 4.79 Å². The molecule has 3 rings (SSSR count). The van der Waals surface area contributed by atoms with Crippen LogP contribution in [0, 0.1) is 5.92 Å². The maximum Gasteiger partial charge on any atom is 0.226 e. The standard InChI is InChI=1S/C17H16N2OS/c1-11(2)16(20)18-13-7-5-6-12(10-13)17-19-14-8-3-4-9-15(14)21-17/h3-11H,1-2H3,(H,18,20). The van der Waals surface area contributed by atoms with Gasteiger partial charge in [-0.05, 0) is 24.3 Å². The zero-order valence-electron chi connectivity index (χ0n) is 12.0. The minimum absolute atomic E-state index is 0.0245. The lowest BCUT2D eigenvalue weighted by atomic mass is 10.1. The number of para-hydroxylation sites is 1. The molecule has 3 aromatic rings. The van der Waals surface area contributed by atoms with Gasteiger partial charge in [-0.15, -0.1) is 11.3 Å². The Morgan fingerprint density at radius 3 is 2.71 bits per heavy atom. The van der Waals surface area contributed by atoms with Crippen molar-refractivity contribution in [2.45, 2.75) is 13.8 Å². The van der Waals surface area contributed by atoms with E-state index in [1.54, 1.807) is 11.3 Å². The molecule has 1 aromatic heterocycles. The predicted octanol–water partition coefficient (Wildman–Crippen LogP) is 4.56. The number of carbonyl (C=O) groups is 1. The van der Waals surface area contributed by atoms with E-state index in [1.807, 2.05) is 56.3 Å². The van der Waals surface area contributed by atoms with E-state index in [0.29, 0.717) is 0 Å². The summed E-state index contributed by atoms with van der Waals surface area (Å²) in [5, 5.41) is 3.89. The molecule has 0 atom stereocenters. The van der Waals surface area contributed by atoms with Gasteiger partial charge in [0.2, 0.25) is 5.91 Å². The monoisotopic (exact) mass is 296 g/mol. The fraction of sp³-hybridized carbons (Fsp3) is 0.176. The van der Waals surface area contributed by atoms with Gasteiger partial charge in [-0.1, -0.05) is 38.1 Å². The summed E-state index contributed by atoms with van der Waals surface area (Å²) in [4.78, 5) is 16.4. The number of amides is 1. The molecule has 0 saturated carbocycles. The lowest BCUT2D eigenvalue weighted by Gasteiger charge is -2.08. The van der Waals surface area contributed by atoms with Gasteiger partial charge in [0, 0.05) is 17.2 Å². The summed E-state index contributed by atoms with van der Waals surface area (Å²) in [6.45, 7) is 3.76. The number of carbonyl (C=O) groups excluding carboxylic acids is 1. The molecule has 1 N–H and O–H groups in total. The zero-order valence-corrected chi connectivity index (χ0v) is 12.8. The summed E-state index contributed by atoms with van der Waals surface area (Å²) in [7, 11) is 0. The number of benzene rings is 2. The molecule has 0 aliphatic carbocycles. The van der Waals surface area contributed by atoms with Crippen molar-refractivity contribution in [1.82, 2.24) is 4.98 Å². The molecule has 106 valence electrons. The summed E-state index contributed by atoms with van der Waals surface area (Å²) < 4.78 is 1.17. The van der Waals surface area contributed by atoms with Crippen LogP contribution in [0.3, 0.4) is 0 Å². The van der Waals surface area contributed by atoms with Crippen LogP contribution in [0.2, 0.25) is 0 Å². The van der Waals surface area contributed by atoms with Crippen molar-refractivity contribution in [2.75, 3.05) is 5.32 Å². The molecule has 0 bridgehead atoms. The van der Waals surface area contributed by atoms with Crippen LogP contribution in [0.25, 0.3) is 20.8 Å². The van der Waals surface area contributed by atoms with Crippen LogP contribution >= 0.6 is 11.3 Å². The SMILES string of the molecule is CC(C)C(=O)Nc1cccc(-c2nc3ccccc3s2)c1. The van der Waals surface area contributed by atoms with E-state index in [2.05, 4.69) is 16.4 Å². The first kappa shape index (κ1) is 13.8. The number of aromatic nitrogens is 1. The van der Waals surface area contributed by atoms with E-state index in [1.165, 1.54) is 4.70 Å². The Balaban J connectivity index is 1.93. The van der Waals surface area contributed by atoms with Crippen molar-refractivity contribution in [1.29, 1.82) is 0 Å². The van der Waals surface area contributed by atoms with Gasteiger partial charge in [0.25, 0.3) is 0 Å². The van der Waals surface area contributed by atoms with Crippen LogP contribution in [0.15, 0.2) is 48.5 Å². The normalized spacial score (nSPS) is 11.0. The minimum Gasteiger partial charge on any atom is -0.326 e. The second-order valence-corrected chi connectivity index (χ2v) is 6.24. The molecule has 0 unspecified atom stereocenters. The lowest BCUT2D eigenvalue weighted by molar-refractivity contribution is -0.118. The third-order valence-electron chi connectivity index (χ3n) is 3.20. The number of hydrogen-bond acceptors (Lipinski definition) is 3. The van der Waals surface area contributed by atoms with Crippen molar-refractivity contribution in [3.63, 3.8) is 0 Å². The fourth-order valence-electron chi connectivity index (χ4n) is 2.01. The number of thiazole rings is 1. The molecule has 0 aliphatic heterocycles. The predicted molar refractivity (Wildman–Crippen MR) is 88.5 cm³/mol. The summed E-state index contributed by atoms with van der Waals surface area (Å²) in [5.74, 6) is -0.00689. The average molecular weight is 296 g/mol. The highest BCUT2D eigenvalue weighted by Crippen LogP contribution is 2.31. The van der Waals surface area contributed by atoms with Crippen molar-refractivity contribution in [3.05, 3.63) is 48.5 Å². The third-order valence-corrected chi connectivity index (χ3v) is 4.28. The van der Waals surface area contributed by atoms with Crippen LogP contribution in [0.4, 0.5) is 5.69 Å². The summed E-state index contributed by atoms with van der Waals surface area (Å²) >= 11 is 1.66. The molecular formula is C17H16N2OS. The van der Waals surface area contributed by atoms with E-state index >= 15 is 0 Å². The second-order valence-electron chi connectivity index (χ2n) is 5.21. The van der Waals surface area contributed by atoms with Crippen molar-refractivity contribution >= 4 is 33.1 Å². The molecule has 21 heavy (non-hydrogen) atoms. The van der Waals surface area contributed by atoms with Gasteiger partial charge < -0.3 is 5.32 Å². The van der Waals surface area contributed by atoms with E-state index in [4.69, 9.17) is 0 Å². The molecule has 0 radical (unpaired) electrons.